The van der Waals surface area contributed by atoms with Gasteiger partial charge in [-0.3, -0.25) is 9.69 Å². The van der Waals surface area contributed by atoms with E-state index in [0.717, 1.165) is 44.8 Å². The van der Waals surface area contributed by atoms with Crippen LogP contribution in [0.4, 0.5) is 0 Å². The highest BCUT2D eigenvalue weighted by Crippen LogP contribution is 2.35. The van der Waals surface area contributed by atoms with Crippen LogP contribution in [0.25, 0.3) is 0 Å². The van der Waals surface area contributed by atoms with E-state index < -0.39 is 0 Å². The van der Waals surface area contributed by atoms with Crippen LogP contribution < -0.4 is 5.32 Å². The van der Waals surface area contributed by atoms with Gasteiger partial charge in [-0.2, -0.15) is 0 Å². The molecule has 1 N–H and O–H groups in total. The van der Waals surface area contributed by atoms with Crippen LogP contribution in [0.5, 0.6) is 0 Å². The van der Waals surface area contributed by atoms with E-state index in [0.29, 0.717) is 17.7 Å². The molecule has 1 unspecified atom stereocenters. The molecule has 0 radical (unpaired) electrons. The number of nitrogens with one attached hydrogen (secondary N) is 1. The molecule has 2 aliphatic heterocycles. The van der Waals surface area contributed by atoms with Crippen molar-refractivity contribution in [1.82, 2.24) is 10.2 Å². The minimum absolute atomic E-state index is 0.260. The minimum atomic E-state index is 0.260. The van der Waals surface area contributed by atoms with Crippen LogP contribution in [-0.4, -0.2) is 42.4 Å². The first-order valence-electron chi connectivity index (χ1n) is 9.29. The number of carbonyl (C=O) groups excluding carboxylic acids is 1. The van der Waals surface area contributed by atoms with E-state index in [1.165, 1.54) is 38.5 Å². The van der Waals surface area contributed by atoms with Gasteiger partial charge in [0, 0.05) is 12.0 Å². The fraction of sp³-hybridized carbons (Fsp3) is 0.944. The van der Waals surface area contributed by atoms with Crippen LogP contribution >= 0.6 is 0 Å². The number of carbonyl (C=O) groups is 1. The molecule has 3 aliphatic rings. The van der Waals surface area contributed by atoms with Crippen LogP contribution in [0.15, 0.2) is 0 Å². The normalized spacial score (nSPS) is 36.0. The van der Waals surface area contributed by atoms with Crippen molar-refractivity contribution >= 4 is 5.78 Å². The number of likely N-dealkylation sites (tertiary alicyclic amines) is 1. The molecule has 3 heteroatoms. The molecule has 120 valence electrons. The van der Waals surface area contributed by atoms with Gasteiger partial charge in [0.05, 0.1) is 6.04 Å². The van der Waals surface area contributed by atoms with E-state index in [2.05, 4.69) is 17.1 Å². The topological polar surface area (TPSA) is 32.3 Å². The molecule has 3 nitrogen and oxygen atoms in total. The Morgan fingerprint density at radius 3 is 2.43 bits per heavy atom. The third-order valence-electron chi connectivity index (χ3n) is 6.23. The molecule has 1 aliphatic carbocycles. The molecule has 0 aromatic rings. The molecule has 0 aromatic heterocycles. The predicted molar refractivity (Wildman–Crippen MR) is 86.4 cm³/mol. The highest BCUT2D eigenvalue weighted by atomic mass is 16.1. The molecule has 0 spiro atoms. The van der Waals surface area contributed by atoms with Gasteiger partial charge in [0.1, 0.15) is 0 Å². The first-order valence-corrected chi connectivity index (χ1v) is 9.29. The summed E-state index contributed by atoms with van der Waals surface area (Å²) < 4.78 is 0. The smallest absolute Gasteiger partial charge is 0.153 e. The number of hydrogen-bond donors (Lipinski definition) is 1. The van der Waals surface area contributed by atoms with Gasteiger partial charge in [-0.15, -0.1) is 0 Å². The average molecular weight is 292 g/mol. The Labute approximate surface area is 129 Å². The van der Waals surface area contributed by atoms with Gasteiger partial charge < -0.3 is 5.32 Å². The van der Waals surface area contributed by atoms with Crippen LogP contribution in [0, 0.1) is 11.8 Å². The van der Waals surface area contributed by atoms with Crippen molar-refractivity contribution in [2.45, 2.75) is 76.8 Å². The minimum Gasteiger partial charge on any atom is -0.317 e. The Morgan fingerprint density at radius 2 is 1.76 bits per heavy atom. The maximum absolute atomic E-state index is 13.0. The largest absolute Gasteiger partial charge is 0.317 e. The number of hydrogen-bond acceptors (Lipinski definition) is 3. The highest BCUT2D eigenvalue weighted by Gasteiger charge is 2.39. The SMILES string of the molecule is CCC1CCC(C(=O)C2CCCN2C2CCNCC2)CC1. The third-order valence-corrected chi connectivity index (χ3v) is 6.23. The number of ketones is 1. The fourth-order valence-corrected chi connectivity index (χ4v) is 4.80. The van der Waals surface area contributed by atoms with Gasteiger partial charge in [0.25, 0.3) is 0 Å². The lowest BCUT2D eigenvalue weighted by molar-refractivity contribution is -0.129. The zero-order valence-electron chi connectivity index (χ0n) is 13.7. The molecule has 3 rings (SSSR count). The third kappa shape index (κ3) is 3.50. The van der Waals surface area contributed by atoms with Crippen LogP contribution in [-0.2, 0) is 4.79 Å². The number of piperidine rings is 1. The second-order valence-corrected chi connectivity index (χ2v) is 7.41. The van der Waals surface area contributed by atoms with Crippen LogP contribution in [0.1, 0.15) is 64.7 Å². The number of nitrogens with zero attached hydrogens (tertiary/aromatic N) is 1. The van der Waals surface area contributed by atoms with Crippen molar-refractivity contribution in [2.75, 3.05) is 19.6 Å². The van der Waals surface area contributed by atoms with E-state index in [4.69, 9.17) is 0 Å². The van der Waals surface area contributed by atoms with Crippen molar-refractivity contribution in [2.24, 2.45) is 11.8 Å². The van der Waals surface area contributed by atoms with Crippen molar-refractivity contribution in [3.63, 3.8) is 0 Å². The lowest BCUT2D eigenvalue weighted by Gasteiger charge is -2.37. The lowest BCUT2D eigenvalue weighted by Crippen LogP contribution is -2.49. The lowest BCUT2D eigenvalue weighted by atomic mass is 9.77. The summed E-state index contributed by atoms with van der Waals surface area (Å²) in [4.78, 5) is 15.6. The number of Topliss-reactive ketones (excluding diaryl/α,β-unsaturated/α-hetero) is 1. The first-order chi connectivity index (χ1) is 10.3. The zero-order valence-corrected chi connectivity index (χ0v) is 13.7. The summed E-state index contributed by atoms with van der Waals surface area (Å²) in [7, 11) is 0. The van der Waals surface area contributed by atoms with Gasteiger partial charge >= 0.3 is 0 Å². The molecule has 3 fully saturated rings. The molecule has 1 saturated carbocycles. The predicted octanol–water partition coefficient (Wildman–Crippen LogP) is 2.99. The monoisotopic (exact) mass is 292 g/mol. The molecule has 2 heterocycles. The van der Waals surface area contributed by atoms with E-state index in [-0.39, 0.29) is 6.04 Å². The maximum Gasteiger partial charge on any atom is 0.153 e. The maximum atomic E-state index is 13.0. The molecule has 21 heavy (non-hydrogen) atoms. The summed E-state index contributed by atoms with van der Waals surface area (Å²) in [5.74, 6) is 1.86. The molecule has 0 aromatic carbocycles. The summed E-state index contributed by atoms with van der Waals surface area (Å²) in [5.41, 5.74) is 0. The van der Waals surface area contributed by atoms with Crippen LogP contribution in [0.2, 0.25) is 0 Å². The van der Waals surface area contributed by atoms with Gasteiger partial charge in [0.2, 0.25) is 0 Å². The van der Waals surface area contributed by atoms with Crippen molar-refractivity contribution in [3.05, 3.63) is 0 Å². The van der Waals surface area contributed by atoms with E-state index >= 15 is 0 Å². The summed E-state index contributed by atoms with van der Waals surface area (Å²) >= 11 is 0. The Hall–Kier alpha value is -0.410. The quantitative estimate of drug-likeness (QED) is 0.864. The standard InChI is InChI=1S/C18H32N2O/c1-2-14-5-7-15(8-6-14)18(21)17-4-3-13-20(17)16-9-11-19-12-10-16/h14-17,19H,2-13H2,1H3. The second-order valence-electron chi connectivity index (χ2n) is 7.41. The van der Waals surface area contributed by atoms with E-state index in [1.54, 1.807) is 0 Å². The van der Waals surface area contributed by atoms with E-state index in [9.17, 15) is 4.79 Å². The first kappa shape index (κ1) is 15.5. The van der Waals surface area contributed by atoms with Gasteiger partial charge in [0.15, 0.2) is 5.78 Å². The Morgan fingerprint density at radius 1 is 1.05 bits per heavy atom. The van der Waals surface area contributed by atoms with Gasteiger partial charge in [-0.05, 0) is 76.9 Å². The average Bonchev–Trinajstić information content (AvgIpc) is 3.04. The van der Waals surface area contributed by atoms with Crippen molar-refractivity contribution < 1.29 is 4.79 Å². The molecular weight excluding hydrogens is 260 g/mol. The van der Waals surface area contributed by atoms with E-state index in [1.807, 2.05) is 0 Å². The highest BCUT2D eigenvalue weighted by molar-refractivity contribution is 5.86. The summed E-state index contributed by atoms with van der Waals surface area (Å²) in [6.07, 6.45) is 11.0. The summed E-state index contributed by atoms with van der Waals surface area (Å²) in [6, 6.07) is 0.922. The van der Waals surface area contributed by atoms with Crippen LogP contribution in [0.3, 0.4) is 0 Å². The molecule has 0 amide bonds. The van der Waals surface area contributed by atoms with Crippen molar-refractivity contribution in [1.29, 1.82) is 0 Å². The van der Waals surface area contributed by atoms with Crippen molar-refractivity contribution in [3.8, 4) is 0 Å². The zero-order chi connectivity index (χ0) is 14.7. The summed E-state index contributed by atoms with van der Waals surface area (Å²) in [5, 5.41) is 3.45. The molecule has 2 saturated heterocycles. The summed E-state index contributed by atoms with van der Waals surface area (Å²) in [6.45, 7) is 5.71. The Balaban J connectivity index is 1.58. The molecule has 0 bridgehead atoms. The van der Waals surface area contributed by atoms with Gasteiger partial charge in [-0.1, -0.05) is 13.3 Å². The molecular formula is C18H32N2O. The fourth-order valence-electron chi connectivity index (χ4n) is 4.80. The Bertz CT molecular complexity index is 343. The molecule has 1 atom stereocenters. The van der Waals surface area contributed by atoms with Gasteiger partial charge in [-0.25, -0.2) is 0 Å². The Kier molecular flexibility index (Phi) is 5.33. The number of rotatable bonds is 4. The second kappa shape index (κ2) is 7.23.